The highest BCUT2D eigenvalue weighted by molar-refractivity contribution is 14.0. The molecule has 0 aliphatic heterocycles. The molecular weight excluding hydrogens is 457 g/mol. The Morgan fingerprint density at radius 1 is 1.26 bits per heavy atom. The monoisotopic (exact) mass is 489 g/mol. The van der Waals surface area contributed by atoms with E-state index in [0.717, 1.165) is 17.9 Å². The SMILES string of the molecule is CN=C(NCC(=O)OC(C)(C)C)NCc1ccc(C)cc1OCC1CC1.I. The molecular formula is C20H32IN3O3. The number of hydrogen-bond acceptors (Lipinski definition) is 4. The highest BCUT2D eigenvalue weighted by atomic mass is 127. The van der Waals surface area contributed by atoms with E-state index < -0.39 is 5.60 Å². The number of nitrogens with zero attached hydrogens (tertiary/aromatic N) is 1. The molecule has 0 unspecified atom stereocenters. The molecule has 2 rings (SSSR count). The number of halogens is 1. The second-order valence-electron chi connectivity index (χ2n) is 7.73. The minimum Gasteiger partial charge on any atom is -0.493 e. The lowest BCUT2D eigenvalue weighted by Crippen LogP contribution is -2.41. The molecule has 0 heterocycles. The Bertz CT molecular complexity index is 652. The molecule has 1 aliphatic carbocycles. The van der Waals surface area contributed by atoms with Gasteiger partial charge in [-0.2, -0.15) is 0 Å². The van der Waals surface area contributed by atoms with Crippen molar-refractivity contribution in [1.29, 1.82) is 0 Å². The molecule has 0 spiro atoms. The third-order valence-electron chi connectivity index (χ3n) is 3.88. The van der Waals surface area contributed by atoms with Crippen molar-refractivity contribution in [1.82, 2.24) is 10.6 Å². The second-order valence-corrected chi connectivity index (χ2v) is 7.73. The Kier molecular flexibility index (Phi) is 9.35. The van der Waals surface area contributed by atoms with Crippen molar-refractivity contribution in [2.24, 2.45) is 10.9 Å². The van der Waals surface area contributed by atoms with E-state index in [1.165, 1.54) is 18.4 Å². The summed E-state index contributed by atoms with van der Waals surface area (Å²) in [6.45, 7) is 9.00. The van der Waals surface area contributed by atoms with Gasteiger partial charge < -0.3 is 20.1 Å². The van der Waals surface area contributed by atoms with Crippen LogP contribution in [0.1, 0.15) is 44.7 Å². The van der Waals surface area contributed by atoms with Gasteiger partial charge in [0.25, 0.3) is 0 Å². The first-order valence-electron chi connectivity index (χ1n) is 9.15. The first kappa shape index (κ1) is 23.5. The van der Waals surface area contributed by atoms with Gasteiger partial charge in [-0.05, 0) is 58.1 Å². The first-order chi connectivity index (χ1) is 12.3. The van der Waals surface area contributed by atoms with Gasteiger partial charge in [0, 0.05) is 19.2 Å². The molecule has 2 N–H and O–H groups in total. The van der Waals surface area contributed by atoms with Crippen molar-refractivity contribution in [2.75, 3.05) is 20.2 Å². The number of benzene rings is 1. The average Bonchev–Trinajstić information content (AvgIpc) is 3.37. The van der Waals surface area contributed by atoms with Crippen LogP contribution in [0.3, 0.4) is 0 Å². The van der Waals surface area contributed by atoms with Crippen molar-refractivity contribution in [3.8, 4) is 5.75 Å². The van der Waals surface area contributed by atoms with Gasteiger partial charge in [-0.1, -0.05) is 12.1 Å². The number of guanidine groups is 1. The first-order valence-corrected chi connectivity index (χ1v) is 9.15. The van der Waals surface area contributed by atoms with Crippen LogP contribution in [-0.4, -0.2) is 37.7 Å². The molecule has 0 atom stereocenters. The van der Waals surface area contributed by atoms with Crippen molar-refractivity contribution >= 4 is 35.9 Å². The van der Waals surface area contributed by atoms with Crippen molar-refractivity contribution < 1.29 is 14.3 Å². The van der Waals surface area contributed by atoms with Crippen molar-refractivity contribution in [3.63, 3.8) is 0 Å². The topological polar surface area (TPSA) is 72.0 Å². The largest absolute Gasteiger partial charge is 0.493 e. The molecule has 0 aromatic heterocycles. The van der Waals surface area contributed by atoms with Gasteiger partial charge in [-0.25, -0.2) is 0 Å². The van der Waals surface area contributed by atoms with Crippen LogP contribution in [0.2, 0.25) is 0 Å². The standard InChI is InChI=1S/C20H31N3O3.HI/c1-14-6-9-16(17(10-14)25-13-15-7-8-15)11-22-19(21-5)23-12-18(24)26-20(2,3)4;/h6,9-10,15H,7-8,11-13H2,1-5H3,(H2,21,22,23);1H. The average molecular weight is 489 g/mol. The molecule has 1 aromatic rings. The van der Waals surface area contributed by atoms with E-state index in [9.17, 15) is 4.79 Å². The normalized spacial score (nSPS) is 14.2. The van der Waals surface area contributed by atoms with E-state index >= 15 is 0 Å². The summed E-state index contributed by atoms with van der Waals surface area (Å²) in [4.78, 5) is 16.0. The fraction of sp³-hybridized carbons (Fsp3) is 0.600. The number of carbonyl (C=O) groups is 1. The predicted molar refractivity (Wildman–Crippen MR) is 119 cm³/mol. The predicted octanol–water partition coefficient (Wildman–Crippen LogP) is 3.41. The molecule has 0 saturated heterocycles. The molecule has 1 saturated carbocycles. The molecule has 1 aliphatic rings. The zero-order valence-electron chi connectivity index (χ0n) is 16.9. The van der Waals surface area contributed by atoms with Gasteiger partial charge in [0.15, 0.2) is 5.96 Å². The molecule has 7 heteroatoms. The Balaban J connectivity index is 0.00000364. The number of aliphatic imine (C=N–C) groups is 1. The molecule has 6 nitrogen and oxygen atoms in total. The highest BCUT2D eigenvalue weighted by Crippen LogP contribution is 2.30. The highest BCUT2D eigenvalue weighted by Gasteiger charge is 2.22. The maximum atomic E-state index is 11.8. The summed E-state index contributed by atoms with van der Waals surface area (Å²) in [5.74, 6) is 1.85. The van der Waals surface area contributed by atoms with Gasteiger partial charge in [-0.15, -0.1) is 24.0 Å². The van der Waals surface area contributed by atoms with Crippen molar-refractivity contribution in [3.05, 3.63) is 29.3 Å². The summed E-state index contributed by atoms with van der Waals surface area (Å²) in [6.07, 6.45) is 2.53. The van der Waals surface area contributed by atoms with Crippen LogP contribution in [0.5, 0.6) is 5.75 Å². The Hall–Kier alpha value is -1.51. The number of ether oxygens (including phenoxy) is 2. The van der Waals surface area contributed by atoms with Crippen LogP contribution in [-0.2, 0) is 16.1 Å². The van der Waals surface area contributed by atoms with Crippen LogP contribution >= 0.6 is 24.0 Å². The zero-order valence-corrected chi connectivity index (χ0v) is 19.3. The Labute approximate surface area is 179 Å². The third kappa shape index (κ3) is 9.30. The summed E-state index contributed by atoms with van der Waals surface area (Å²) < 4.78 is 11.3. The smallest absolute Gasteiger partial charge is 0.325 e. The number of hydrogen-bond donors (Lipinski definition) is 2. The summed E-state index contributed by atoms with van der Waals surface area (Å²) in [5, 5.41) is 6.19. The summed E-state index contributed by atoms with van der Waals surface area (Å²) in [7, 11) is 1.67. The minimum absolute atomic E-state index is 0. The molecule has 152 valence electrons. The van der Waals surface area contributed by atoms with E-state index in [0.29, 0.717) is 18.4 Å². The molecule has 0 amide bonds. The summed E-state index contributed by atoms with van der Waals surface area (Å²) in [6, 6.07) is 6.19. The van der Waals surface area contributed by atoms with E-state index in [1.807, 2.05) is 20.8 Å². The number of esters is 1. The zero-order chi connectivity index (χ0) is 19.2. The molecule has 0 bridgehead atoms. The fourth-order valence-electron chi connectivity index (χ4n) is 2.37. The molecule has 0 radical (unpaired) electrons. The van der Waals surface area contributed by atoms with Crippen molar-refractivity contribution in [2.45, 2.75) is 52.7 Å². The number of nitrogens with one attached hydrogen (secondary N) is 2. The van der Waals surface area contributed by atoms with E-state index in [4.69, 9.17) is 9.47 Å². The van der Waals surface area contributed by atoms with Crippen LogP contribution in [0.25, 0.3) is 0 Å². The van der Waals surface area contributed by atoms with Gasteiger partial charge >= 0.3 is 5.97 Å². The van der Waals surface area contributed by atoms with E-state index in [2.05, 4.69) is 40.7 Å². The van der Waals surface area contributed by atoms with Gasteiger partial charge in [-0.3, -0.25) is 9.79 Å². The molecule has 1 aromatic carbocycles. The van der Waals surface area contributed by atoms with Crippen LogP contribution < -0.4 is 15.4 Å². The Morgan fingerprint density at radius 3 is 2.56 bits per heavy atom. The number of carbonyl (C=O) groups excluding carboxylic acids is 1. The number of aryl methyl sites for hydroxylation is 1. The third-order valence-corrected chi connectivity index (χ3v) is 3.88. The van der Waals surface area contributed by atoms with Gasteiger partial charge in [0.2, 0.25) is 0 Å². The second kappa shape index (κ2) is 10.7. The van der Waals surface area contributed by atoms with E-state index in [-0.39, 0.29) is 36.5 Å². The Morgan fingerprint density at radius 2 is 1.96 bits per heavy atom. The summed E-state index contributed by atoms with van der Waals surface area (Å²) >= 11 is 0. The van der Waals surface area contributed by atoms with Gasteiger partial charge in [0.1, 0.15) is 17.9 Å². The van der Waals surface area contributed by atoms with Crippen LogP contribution in [0.4, 0.5) is 0 Å². The van der Waals surface area contributed by atoms with Crippen LogP contribution in [0, 0.1) is 12.8 Å². The lowest BCUT2D eigenvalue weighted by Gasteiger charge is -2.20. The quantitative estimate of drug-likeness (QED) is 0.266. The summed E-state index contributed by atoms with van der Waals surface area (Å²) in [5.41, 5.74) is 1.74. The molecule has 1 fully saturated rings. The fourth-order valence-corrected chi connectivity index (χ4v) is 2.37. The number of rotatable bonds is 7. The minimum atomic E-state index is -0.495. The van der Waals surface area contributed by atoms with Gasteiger partial charge in [0.05, 0.1) is 6.61 Å². The lowest BCUT2D eigenvalue weighted by molar-refractivity contribution is -0.153. The maximum Gasteiger partial charge on any atom is 0.325 e. The van der Waals surface area contributed by atoms with E-state index in [1.54, 1.807) is 7.05 Å². The molecule has 27 heavy (non-hydrogen) atoms. The maximum absolute atomic E-state index is 11.8. The van der Waals surface area contributed by atoms with Crippen LogP contribution in [0.15, 0.2) is 23.2 Å². The lowest BCUT2D eigenvalue weighted by atomic mass is 10.1.